The first-order valence-electron chi connectivity index (χ1n) is 6.95. The second kappa shape index (κ2) is 7.30. The molecule has 1 heterocycles. The topological polar surface area (TPSA) is 24.4 Å². The van der Waals surface area contributed by atoms with Gasteiger partial charge in [-0.3, -0.25) is 4.99 Å². The molecule has 0 saturated heterocycles. The Morgan fingerprint density at radius 2 is 1.88 bits per heavy atom. The molecule has 2 atom stereocenters. The van der Waals surface area contributed by atoms with Gasteiger partial charge in [0, 0.05) is 11.3 Å². The van der Waals surface area contributed by atoms with Crippen molar-refractivity contribution in [2.45, 2.75) is 65.2 Å². The summed E-state index contributed by atoms with van der Waals surface area (Å²) in [5, 5.41) is 5.43. The zero-order valence-electron chi connectivity index (χ0n) is 12.0. The van der Waals surface area contributed by atoms with E-state index in [2.05, 4.69) is 44.9 Å². The van der Waals surface area contributed by atoms with E-state index in [0.717, 1.165) is 18.4 Å². The van der Waals surface area contributed by atoms with E-state index in [1.54, 1.807) is 0 Å². The molecule has 0 aromatic heterocycles. The van der Waals surface area contributed by atoms with Crippen molar-refractivity contribution in [2.24, 2.45) is 16.8 Å². The van der Waals surface area contributed by atoms with E-state index in [-0.39, 0.29) is 0 Å². The van der Waals surface area contributed by atoms with Crippen LogP contribution in [0, 0.1) is 11.8 Å². The van der Waals surface area contributed by atoms with E-state index in [0.29, 0.717) is 11.3 Å². The summed E-state index contributed by atoms with van der Waals surface area (Å²) >= 11 is 1.94. The van der Waals surface area contributed by atoms with Gasteiger partial charge >= 0.3 is 0 Å². The van der Waals surface area contributed by atoms with E-state index < -0.39 is 0 Å². The van der Waals surface area contributed by atoms with Gasteiger partial charge in [-0.2, -0.15) is 0 Å². The van der Waals surface area contributed by atoms with Gasteiger partial charge in [-0.15, -0.1) is 0 Å². The fraction of sp³-hybridized carbons (Fsp3) is 0.929. The van der Waals surface area contributed by atoms with Crippen LogP contribution < -0.4 is 5.32 Å². The zero-order valence-corrected chi connectivity index (χ0v) is 12.8. The number of hydrogen-bond donors (Lipinski definition) is 1. The van der Waals surface area contributed by atoms with E-state index in [1.165, 1.54) is 24.4 Å². The number of hydrogen-bond acceptors (Lipinski definition) is 3. The standard InChI is InChI=1S/C14H28N2S/c1-10(2)6-7-12(5)16-14-15-9-13(17-14)8-11(3)4/h10-13H,6-9H2,1-5H3,(H,15,16). The Bertz CT molecular complexity index is 249. The minimum absolute atomic E-state index is 0.557. The van der Waals surface area contributed by atoms with Gasteiger partial charge in [0.15, 0.2) is 5.17 Å². The highest BCUT2D eigenvalue weighted by atomic mass is 32.2. The third-order valence-corrected chi connectivity index (χ3v) is 4.14. The molecule has 2 unspecified atom stereocenters. The number of amidine groups is 1. The summed E-state index contributed by atoms with van der Waals surface area (Å²) in [6, 6.07) is 0.557. The summed E-state index contributed by atoms with van der Waals surface area (Å²) in [7, 11) is 0. The number of rotatable bonds is 6. The maximum Gasteiger partial charge on any atom is 0.157 e. The Hall–Kier alpha value is -0.180. The molecule has 1 aliphatic heterocycles. The highest BCUT2D eigenvalue weighted by Gasteiger charge is 2.21. The largest absolute Gasteiger partial charge is 0.362 e. The van der Waals surface area contributed by atoms with Crippen LogP contribution in [-0.2, 0) is 0 Å². The first-order chi connectivity index (χ1) is 7.97. The number of thioether (sulfide) groups is 1. The second-order valence-corrected chi connectivity index (χ2v) is 7.32. The van der Waals surface area contributed by atoms with Crippen molar-refractivity contribution in [2.75, 3.05) is 6.54 Å². The van der Waals surface area contributed by atoms with Gasteiger partial charge in [-0.1, -0.05) is 39.5 Å². The smallest absolute Gasteiger partial charge is 0.157 e. The Labute approximate surface area is 111 Å². The Morgan fingerprint density at radius 3 is 2.47 bits per heavy atom. The maximum atomic E-state index is 4.61. The van der Waals surface area contributed by atoms with Crippen LogP contribution in [0.15, 0.2) is 4.99 Å². The predicted octanol–water partition coefficient (Wildman–Crippen LogP) is 3.92. The molecule has 1 aliphatic rings. The summed E-state index contributed by atoms with van der Waals surface area (Å²) in [5.74, 6) is 1.58. The number of aliphatic imine (C=N–C) groups is 1. The fourth-order valence-corrected chi connectivity index (χ4v) is 3.38. The summed E-state index contributed by atoms with van der Waals surface area (Å²) in [6.07, 6.45) is 3.81. The molecule has 3 heteroatoms. The van der Waals surface area contributed by atoms with Crippen LogP contribution in [0.2, 0.25) is 0 Å². The molecule has 0 aromatic carbocycles. The summed E-state index contributed by atoms with van der Waals surface area (Å²) in [4.78, 5) is 4.61. The van der Waals surface area contributed by atoms with Crippen molar-refractivity contribution < 1.29 is 0 Å². The lowest BCUT2D eigenvalue weighted by atomic mass is 10.0. The van der Waals surface area contributed by atoms with Gasteiger partial charge in [0.2, 0.25) is 0 Å². The molecule has 0 aromatic rings. The molecule has 0 fully saturated rings. The SMILES string of the molecule is CC(C)CCC(C)NC1=NCC(CC(C)C)S1. The van der Waals surface area contributed by atoms with Gasteiger partial charge in [0.25, 0.3) is 0 Å². The predicted molar refractivity (Wildman–Crippen MR) is 79.8 cm³/mol. The Balaban J connectivity index is 2.20. The molecule has 1 N–H and O–H groups in total. The molecular weight excluding hydrogens is 228 g/mol. The number of nitrogens with zero attached hydrogens (tertiary/aromatic N) is 1. The van der Waals surface area contributed by atoms with Gasteiger partial charge in [-0.05, 0) is 38.0 Å². The van der Waals surface area contributed by atoms with E-state index in [9.17, 15) is 0 Å². The van der Waals surface area contributed by atoms with E-state index in [1.807, 2.05) is 11.8 Å². The molecule has 2 nitrogen and oxygen atoms in total. The molecular formula is C14H28N2S. The summed E-state index contributed by atoms with van der Waals surface area (Å²) in [5.41, 5.74) is 0. The van der Waals surface area contributed by atoms with Crippen LogP contribution in [-0.4, -0.2) is 23.0 Å². The highest BCUT2D eigenvalue weighted by molar-refractivity contribution is 8.14. The van der Waals surface area contributed by atoms with Crippen molar-refractivity contribution in [3.63, 3.8) is 0 Å². The maximum absolute atomic E-state index is 4.61. The number of nitrogens with one attached hydrogen (secondary N) is 1. The molecule has 0 radical (unpaired) electrons. The lowest BCUT2D eigenvalue weighted by Crippen LogP contribution is -2.30. The minimum atomic E-state index is 0.557. The van der Waals surface area contributed by atoms with Crippen LogP contribution in [0.4, 0.5) is 0 Å². The monoisotopic (exact) mass is 256 g/mol. The Morgan fingerprint density at radius 1 is 1.18 bits per heavy atom. The van der Waals surface area contributed by atoms with Crippen LogP contribution >= 0.6 is 11.8 Å². The van der Waals surface area contributed by atoms with Gasteiger partial charge < -0.3 is 5.32 Å². The first kappa shape index (κ1) is 14.9. The van der Waals surface area contributed by atoms with Crippen LogP contribution in [0.5, 0.6) is 0 Å². The van der Waals surface area contributed by atoms with E-state index >= 15 is 0 Å². The van der Waals surface area contributed by atoms with Gasteiger partial charge in [0.1, 0.15) is 0 Å². The van der Waals surface area contributed by atoms with E-state index in [4.69, 9.17) is 0 Å². The zero-order chi connectivity index (χ0) is 12.8. The van der Waals surface area contributed by atoms with Gasteiger partial charge in [0.05, 0.1) is 6.54 Å². The molecule has 100 valence electrons. The molecule has 0 aliphatic carbocycles. The minimum Gasteiger partial charge on any atom is -0.362 e. The third kappa shape index (κ3) is 6.35. The molecule has 0 amide bonds. The van der Waals surface area contributed by atoms with Crippen molar-refractivity contribution in [1.82, 2.24) is 5.32 Å². The lowest BCUT2D eigenvalue weighted by molar-refractivity contribution is 0.494. The third-order valence-electron chi connectivity index (χ3n) is 3.00. The van der Waals surface area contributed by atoms with Crippen molar-refractivity contribution in [3.8, 4) is 0 Å². The highest BCUT2D eigenvalue weighted by Crippen LogP contribution is 2.25. The van der Waals surface area contributed by atoms with Crippen molar-refractivity contribution in [1.29, 1.82) is 0 Å². The average molecular weight is 256 g/mol. The molecule has 0 bridgehead atoms. The quantitative estimate of drug-likeness (QED) is 0.779. The molecule has 17 heavy (non-hydrogen) atoms. The van der Waals surface area contributed by atoms with Crippen LogP contribution in [0.3, 0.4) is 0 Å². The van der Waals surface area contributed by atoms with Crippen LogP contribution in [0.25, 0.3) is 0 Å². The molecule has 0 spiro atoms. The Kier molecular flexibility index (Phi) is 6.39. The molecule has 0 saturated carbocycles. The van der Waals surface area contributed by atoms with Crippen LogP contribution in [0.1, 0.15) is 53.9 Å². The summed E-state index contributed by atoms with van der Waals surface area (Å²) < 4.78 is 0. The van der Waals surface area contributed by atoms with Gasteiger partial charge in [-0.25, -0.2) is 0 Å². The second-order valence-electron chi connectivity index (χ2n) is 6.03. The lowest BCUT2D eigenvalue weighted by Gasteiger charge is -2.16. The average Bonchev–Trinajstić information content (AvgIpc) is 2.61. The first-order valence-corrected chi connectivity index (χ1v) is 7.83. The summed E-state index contributed by atoms with van der Waals surface area (Å²) in [6.45, 7) is 12.4. The fourth-order valence-electron chi connectivity index (χ4n) is 2.01. The van der Waals surface area contributed by atoms with Crippen molar-refractivity contribution >= 4 is 16.9 Å². The normalized spacial score (nSPS) is 22.1. The molecule has 1 rings (SSSR count). The van der Waals surface area contributed by atoms with Crippen molar-refractivity contribution in [3.05, 3.63) is 0 Å².